The van der Waals surface area contributed by atoms with Crippen molar-refractivity contribution < 1.29 is 14.2 Å². The lowest BCUT2D eigenvalue weighted by molar-refractivity contribution is 0.0492. The van der Waals surface area contributed by atoms with E-state index in [1.807, 2.05) is 18.6 Å². The summed E-state index contributed by atoms with van der Waals surface area (Å²) in [6.07, 6.45) is 6.37. The first kappa shape index (κ1) is 21.0. The van der Waals surface area contributed by atoms with Gasteiger partial charge in [-0.15, -0.1) is 0 Å². The first-order valence-corrected chi connectivity index (χ1v) is 10.6. The van der Waals surface area contributed by atoms with Crippen molar-refractivity contribution in [2.45, 2.75) is 30.7 Å². The highest BCUT2D eigenvalue weighted by Crippen LogP contribution is 2.22. The molecule has 1 saturated heterocycles. The summed E-state index contributed by atoms with van der Waals surface area (Å²) in [5, 5.41) is 10.3. The van der Waals surface area contributed by atoms with Crippen LogP contribution in [0.4, 0.5) is 4.39 Å². The molecule has 2 heterocycles. The molecule has 0 radical (unpaired) electrons. The summed E-state index contributed by atoms with van der Waals surface area (Å²) in [6, 6.07) is 5.16. The number of hydrogen-bond donors (Lipinski definition) is 1. The van der Waals surface area contributed by atoms with Gasteiger partial charge < -0.3 is 9.84 Å². The number of aliphatic hydroxyl groups excluding tert-OH is 1. The largest absolute Gasteiger partial charge is 0.497 e. The molecule has 1 aliphatic rings. The van der Waals surface area contributed by atoms with E-state index >= 15 is 0 Å². The van der Waals surface area contributed by atoms with Crippen LogP contribution in [0.25, 0.3) is 0 Å². The van der Waals surface area contributed by atoms with Crippen LogP contribution in [0.5, 0.6) is 5.75 Å². The number of methoxy groups -OCH3 is 1. The van der Waals surface area contributed by atoms with Gasteiger partial charge in [-0.2, -0.15) is 0 Å². The summed E-state index contributed by atoms with van der Waals surface area (Å²) in [5.74, 6) is 0.267. The van der Waals surface area contributed by atoms with Gasteiger partial charge in [0.25, 0.3) is 0 Å². The van der Waals surface area contributed by atoms with Gasteiger partial charge >= 0.3 is 0 Å². The summed E-state index contributed by atoms with van der Waals surface area (Å²) < 4.78 is 19.4. The van der Waals surface area contributed by atoms with E-state index in [9.17, 15) is 9.50 Å². The third-order valence-electron chi connectivity index (χ3n) is 5.06. The average Bonchev–Trinajstić information content (AvgIpc) is 2.72. The number of ether oxygens (including phenoxy) is 1. The Balaban J connectivity index is 1.63. The Labute approximate surface area is 169 Å². The molecule has 1 fully saturated rings. The lowest BCUT2D eigenvalue weighted by Crippen LogP contribution is -2.52. The molecule has 2 aromatic rings. The maximum atomic E-state index is 14.3. The average molecular weight is 407 g/mol. The number of halogens is 1. The van der Waals surface area contributed by atoms with E-state index in [0.717, 1.165) is 36.9 Å². The van der Waals surface area contributed by atoms with Crippen LogP contribution in [0.1, 0.15) is 17.5 Å². The third kappa shape index (κ3) is 5.41. The van der Waals surface area contributed by atoms with E-state index in [1.54, 1.807) is 12.1 Å². The zero-order chi connectivity index (χ0) is 19.9. The smallest absolute Gasteiger partial charge is 0.187 e. The van der Waals surface area contributed by atoms with Gasteiger partial charge in [0.1, 0.15) is 11.6 Å². The number of hydrogen-bond acceptors (Lipinski definition) is 7. The molecule has 1 atom stereocenters. The van der Waals surface area contributed by atoms with Crippen LogP contribution in [-0.4, -0.2) is 70.5 Å². The third-order valence-corrected chi connectivity index (χ3v) is 5.63. The number of nitrogens with zero attached hydrogens (tertiary/aromatic N) is 4. The fourth-order valence-electron chi connectivity index (χ4n) is 3.52. The summed E-state index contributed by atoms with van der Waals surface area (Å²) in [5.41, 5.74) is 1.73. The standard InChI is InChI=1S/C20H27FN4O2S/c1-27-18-4-3-16(19(21)9-18)13-25-7-6-24(14-17(25)5-8-26)12-15-10-22-20(28-2)23-11-15/h3-4,9-11,17,26H,5-8,12-14H2,1-2H3. The first-order valence-electron chi connectivity index (χ1n) is 9.37. The molecule has 0 bridgehead atoms. The molecule has 1 aromatic heterocycles. The van der Waals surface area contributed by atoms with Crippen molar-refractivity contribution in [1.29, 1.82) is 0 Å². The Hall–Kier alpha value is -1.74. The van der Waals surface area contributed by atoms with E-state index in [2.05, 4.69) is 19.8 Å². The molecule has 3 rings (SSSR count). The SMILES string of the molecule is COc1ccc(CN2CCN(Cc3cnc(SC)nc3)CC2CCO)c(F)c1. The molecule has 1 aromatic carbocycles. The minimum absolute atomic E-state index is 0.117. The van der Waals surface area contributed by atoms with E-state index in [4.69, 9.17) is 4.74 Å². The Morgan fingerprint density at radius 1 is 1.25 bits per heavy atom. The van der Waals surface area contributed by atoms with E-state index in [1.165, 1.54) is 24.9 Å². The highest BCUT2D eigenvalue weighted by Gasteiger charge is 2.27. The molecular weight excluding hydrogens is 379 g/mol. The van der Waals surface area contributed by atoms with Crippen molar-refractivity contribution in [2.75, 3.05) is 39.6 Å². The van der Waals surface area contributed by atoms with Crippen molar-refractivity contribution >= 4 is 11.8 Å². The quantitative estimate of drug-likeness (QED) is 0.534. The van der Waals surface area contributed by atoms with Gasteiger partial charge in [0, 0.05) is 75.0 Å². The fourth-order valence-corrected chi connectivity index (χ4v) is 3.84. The maximum Gasteiger partial charge on any atom is 0.187 e. The van der Waals surface area contributed by atoms with Crippen molar-refractivity contribution in [3.8, 4) is 5.75 Å². The monoisotopic (exact) mass is 406 g/mol. The van der Waals surface area contributed by atoms with Crippen molar-refractivity contribution in [3.63, 3.8) is 0 Å². The van der Waals surface area contributed by atoms with Gasteiger partial charge in [-0.05, 0) is 18.7 Å². The van der Waals surface area contributed by atoms with E-state index in [0.29, 0.717) is 24.3 Å². The maximum absolute atomic E-state index is 14.3. The minimum atomic E-state index is -0.254. The molecule has 1 N–H and O–H groups in total. The molecule has 152 valence electrons. The minimum Gasteiger partial charge on any atom is -0.497 e. The lowest BCUT2D eigenvalue weighted by atomic mass is 10.1. The number of aromatic nitrogens is 2. The molecular formula is C20H27FN4O2S. The molecule has 1 unspecified atom stereocenters. The molecule has 6 nitrogen and oxygen atoms in total. The molecule has 28 heavy (non-hydrogen) atoms. The second-order valence-corrected chi connectivity index (χ2v) is 7.68. The van der Waals surface area contributed by atoms with Gasteiger partial charge in [-0.3, -0.25) is 9.80 Å². The number of rotatable bonds is 8. The van der Waals surface area contributed by atoms with Crippen LogP contribution in [0.15, 0.2) is 35.7 Å². The molecule has 0 aliphatic carbocycles. The van der Waals surface area contributed by atoms with Crippen LogP contribution in [0.3, 0.4) is 0 Å². The predicted octanol–water partition coefficient (Wildman–Crippen LogP) is 2.42. The predicted molar refractivity (Wildman–Crippen MR) is 108 cm³/mol. The Bertz CT molecular complexity index is 762. The van der Waals surface area contributed by atoms with Crippen LogP contribution in [0, 0.1) is 5.82 Å². The topological polar surface area (TPSA) is 61.7 Å². The Kier molecular flexibility index (Phi) is 7.61. The van der Waals surface area contributed by atoms with E-state index < -0.39 is 0 Å². The summed E-state index contributed by atoms with van der Waals surface area (Å²) in [7, 11) is 1.53. The number of benzene rings is 1. The highest BCUT2D eigenvalue weighted by atomic mass is 32.2. The number of thioether (sulfide) groups is 1. The Morgan fingerprint density at radius 3 is 2.68 bits per heavy atom. The van der Waals surface area contributed by atoms with Crippen LogP contribution < -0.4 is 4.74 Å². The molecule has 8 heteroatoms. The van der Waals surface area contributed by atoms with Crippen molar-refractivity contribution in [2.24, 2.45) is 0 Å². The van der Waals surface area contributed by atoms with Crippen LogP contribution in [-0.2, 0) is 13.1 Å². The van der Waals surface area contributed by atoms with Gasteiger partial charge in [-0.25, -0.2) is 14.4 Å². The first-order chi connectivity index (χ1) is 13.6. The van der Waals surface area contributed by atoms with E-state index in [-0.39, 0.29) is 18.5 Å². The zero-order valence-corrected chi connectivity index (χ0v) is 17.2. The number of piperazine rings is 1. The molecule has 0 spiro atoms. The molecule has 1 aliphatic heterocycles. The lowest BCUT2D eigenvalue weighted by Gasteiger charge is -2.41. The Morgan fingerprint density at radius 2 is 2.04 bits per heavy atom. The van der Waals surface area contributed by atoms with Gasteiger partial charge in [0.15, 0.2) is 5.16 Å². The summed E-state index contributed by atoms with van der Waals surface area (Å²) in [4.78, 5) is 13.3. The van der Waals surface area contributed by atoms with Gasteiger partial charge in [0.2, 0.25) is 0 Å². The second kappa shape index (κ2) is 10.2. The summed E-state index contributed by atoms with van der Waals surface area (Å²) in [6.45, 7) is 3.94. The molecule has 0 saturated carbocycles. The highest BCUT2D eigenvalue weighted by molar-refractivity contribution is 7.98. The van der Waals surface area contributed by atoms with Crippen LogP contribution in [0.2, 0.25) is 0 Å². The molecule has 0 amide bonds. The zero-order valence-electron chi connectivity index (χ0n) is 16.3. The van der Waals surface area contributed by atoms with Crippen LogP contribution >= 0.6 is 11.8 Å². The van der Waals surface area contributed by atoms with Gasteiger partial charge in [0.05, 0.1) is 7.11 Å². The second-order valence-electron chi connectivity index (χ2n) is 6.91. The normalized spacial score (nSPS) is 18.4. The summed E-state index contributed by atoms with van der Waals surface area (Å²) >= 11 is 1.53. The van der Waals surface area contributed by atoms with Gasteiger partial charge in [-0.1, -0.05) is 17.8 Å². The fraction of sp³-hybridized carbons (Fsp3) is 0.500. The van der Waals surface area contributed by atoms with Crippen molar-refractivity contribution in [1.82, 2.24) is 19.8 Å². The van der Waals surface area contributed by atoms with Crippen molar-refractivity contribution in [3.05, 3.63) is 47.5 Å². The number of aliphatic hydroxyl groups is 1.